The Balaban J connectivity index is 1.81. The molecule has 21 heavy (non-hydrogen) atoms. The lowest BCUT2D eigenvalue weighted by Gasteiger charge is -2.38. The molecule has 1 aromatic carbocycles. The van der Waals surface area contributed by atoms with Crippen molar-refractivity contribution < 1.29 is 9.53 Å². The zero-order valence-electron chi connectivity index (χ0n) is 13.1. The van der Waals surface area contributed by atoms with Gasteiger partial charge in [0, 0.05) is 44.5 Å². The summed E-state index contributed by atoms with van der Waals surface area (Å²) in [7, 11) is 5.77. The zero-order valence-corrected chi connectivity index (χ0v) is 13.1. The van der Waals surface area contributed by atoms with Crippen molar-refractivity contribution in [3.8, 4) is 0 Å². The first-order valence-corrected chi connectivity index (χ1v) is 7.73. The average Bonchev–Trinajstić information content (AvgIpc) is 2.76. The summed E-state index contributed by atoms with van der Waals surface area (Å²) in [5, 5.41) is 0. The lowest BCUT2D eigenvalue weighted by atomic mass is 9.98. The molecule has 4 nitrogen and oxygen atoms in total. The molecule has 0 radical (unpaired) electrons. The van der Waals surface area contributed by atoms with Crippen molar-refractivity contribution in [1.29, 1.82) is 0 Å². The molecular weight excluding hydrogens is 264 g/mol. The van der Waals surface area contributed by atoms with Gasteiger partial charge in [-0.05, 0) is 43.9 Å². The summed E-state index contributed by atoms with van der Waals surface area (Å²) in [6.45, 7) is 0. The number of anilines is 1. The van der Waals surface area contributed by atoms with Crippen LogP contribution in [0.2, 0.25) is 0 Å². The van der Waals surface area contributed by atoms with E-state index in [9.17, 15) is 4.79 Å². The van der Waals surface area contributed by atoms with Crippen LogP contribution in [0.5, 0.6) is 0 Å². The number of amides is 1. The lowest BCUT2D eigenvalue weighted by Crippen LogP contribution is -2.48. The van der Waals surface area contributed by atoms with Crippen LogP contribution in [0.4, 0.5) is 5.69 Å². The van der Waals surface area contributed by atoms with Crippen molar-refractivity contribution in [3.05, 3.63) is 29.8 Å². The number of hydrogen-bond donors (Lipinski definition) is 0. The summed E-state index contributed by atoms with van der Waals surface area (Å²) in [4.78, 5) is 17.0. The molecule has 2 saturated heterocycles. The Morgan fingerprint density at radius 2 is 1.90 bits per heavy atom. The van der Waals surface area contributed by atoms with E-state index in [1.165, 1.54) is 0 Å². The molecule has 2 atom stereocenters. The fourth-order valence-electron chi connectivity index (χ4n) is 3.72. The molecule has 2 fully saturated rings. The minimum Gasteiger partial charge on any atom is -0.381 e. The van der Waals surface area contributed by atoms with E-state index in [1.54, 1.807) is 7.11 Å². The van der Waals surface area contributed by atoms with Crippen LogP contribution in [0.15, 0.2) is 24.3 Å². The maximum atomic E-state index is 12.9. The van der Waals surface area contributed by atoms with Crippen molar-refractivity contribution in [2.24, 2.45) is 0 Å². The Morgan fingerprint density at radius 1 is 1.24 bits per heavy atom. The average molecular weight is 288 g/mol. The van der Waals surface area contributed by atoms with Gasteiger partial charge in [-0.25, -0.2) is 0 Å². The molecule has 0 aromatic heterocycles. The number of rotatable bonds is 3. The SMILES string of the molecule is COC1CC2CCC(C1)N2C(=O)c1cccc(N(C)C)c1. The van der Waals surface area contributed by atoms with Gasteiger partial charge >= 0.3 is 0 Å². The Labute approximate surface area is 126 Å². The maximum Gasteiger partial charge on any atom is 0.254 e. The number of carbonyl (C=O) groups is 1. The molecule has 2 bridgehead atoms. The van der Waals surface area contributed by atoms with Crippen LogP contribution < -0.4 is 4.90 Å². The van der Waals surface area contributed by atoms with E-state index >= 15 is 0 Å². The van der Waals surface area contributed by atoms with Gasteiger partial charge in [-0.2, -0.15) is 0 Å². The zero-order chi connectivity index (χ0) is 15.0. The first-order valence-electron chi connectivity index (χ1n) is 7.73. The van der Waals surface area contributed by atoms with Crippen LogP contribution in [0.3, 0.4) is 0 Å². The van der Waals surface area contributed by atoms with E-state index in [2.05, 4.69) is 4.90 Å². The topological polar surface area (TPSA) is 32.8 Å². The van der Waals surface area contributed by atoms with Gasteiger partial charge in [0.25, 0.3) is 5.91 Å². The third kappa shape index (κ3) is 2.64. The van der Waals surface area contributed by atoms with Crippen molar-refractivity contribution in [1.82, 2.24) is 4.90 Å². The second-order valence-electron chi connectivity index (χ2n) is 6.37. The minimum absolute atomic E-state index is 0.181. The third-order valence-corrected chi connectivity index (χ3v) is 4.87. The van der Waals surface area contributed by atoms with Gasteiger partial charge in [-0.1, -0.05) is 6.07 Å². The summed E-state index contributed by atoms with van der Waals surface area (Å²) in [5.74, 6) is 0.181. The highest BCUT2D eigenvalue weighted by atomic mass is 16.5. The van der Waals surface area contributed by atoms with Gasteiger partial charge in [-0.15, -0.1) is 0 Å². The highest BCUT2D eigenvalue weighted by molar-refractivity contribution is 5.95. The molecule has 3 rings (SSSR count). The number of piperidine rings is 1. The molecule has 114 valence electrons. The van der Waals surface area contributed by atoms with Crippen LogP contribution in [0.1, 0.15) is 36.0 Å². The highest BCUT2D eigenvalue weighted by Gasteiger charge is 2.43. The number of ether oxygens (including phenoxy) is 1. The van der Waals surface area contributed by atoms with Crippen molar-refractivity contribution in [2.75, 3.05) is 26.1 Å². The summed E-state index contributed by atoms with van der Waals surface area (Å²) in [6, 6.07) is 8.62. The lowest BCUT2D eigenvalue weighted by molar-refractivity contribution is 0.00823. The maximum absolute atomic E-state index is 12.9. The van der Waals surface area contributed by atoms with Gasteiger partial charge in [0.15, 0.2) is 0 Å². The van der Waals surface area contributed by atoms with Crippen LogP contribution >= 0.6 is 0 Å². The third-order valence-electron chi connectivity index (χ3n) is 4.87. The van der Waals surface area contributed by atoms with E-state index in [4.69, 9.17) is 4.74 Å². The smallest absolute Gasteiger partial charge is 0.254 e. The number of methoxy groups -OCH3 is 1. The summed E-state index contributed by atoms with van der Waals surface area (Å²) in [6.07, 6.45) is 4.51. The Bertz CT molecular complexity index is 515. The normalized spacial score (nSPS) is 27.8. The molecule has 1 amide bonds. The fraction of sp³-hybridized carbons (Fsp3) is 0.588. The predicted octanol–water partition coefficient (Wildman–Crippen LogP) is 2.53. The van der Waals surface area contributed by atoms with E-state index < -0.39 is 0 Å². The van der Waals surface area contributed by atoms with Gasteiger partial charge in [0.1, 0.15) is 0 Å². The molecule has 0 N–H and O–H groups in total. The molecule has 1 aromatic rings. The monoisotopic (exact) mass is 288 g/mol. The number of carbonyl (C=O) groups excluding carboxylic acids is 1. The van der Waals surface area contributed by atoms with Crippen LogP contribution in [0.25, 0.3) is 0 Å². The molecule has 0 saturated carbocycles. The number of fused-ring (bicyclic) bond motifs is 2. The number of benzene rings is 1. The summed E-state index contributed by atoms with van der Waals surface area (Å²) < 4.78 is 5.51. The standard InChI is InChI=1S/C17H24N2O2/c1-18(2)13-6-4-5-12(9-13)17(20)19-14-7-8-15(19)11-16(10-14)21-3/h4-6,9,14-16H,7-8,10-11H2,1-3H3. The second-order valence-corrected chi connectivity index (χ2v) is 6.37. The van der Waals surface area contributed by atoms with Crippen molar-refractivity contribution in [2.45, 2.75) is 43.9 Å². The van der Waals surface area contributed by atoms with Crippen LogP contribution in [-0.4, -0.2) is 50.2 Å². The summed E-state index contributed by atoms with van der Waals surface area (Å²) >= 11 is 0. The van der Waals surface area contributed by atoms with Gasteiger partial charge in [-0.3, -0.25) is 4.79 Å². The Hall–Kier alpha value is -1.55. The fourth-order valence-corrected chi connectivity index (χ4v) is 3.72. The van der Waals surface area contributed by atoms with Gasteiger partial charge < -0.3 is 14.5 Å². The minimum atomic E-state index is 0.181. The molecule has 0 aliphatic carbocycles. The van der Waals surface area contributed by atoms with Gasteiger partial charge in [0.05, 0.1) is 6.10 Å². The Morgan fingerprint density at radius 3 is 2.48 bits per heavy atom. The van der Waals surface area contributed by atoms with Crippen LogP contribution in [-0.2, 0) is 4.74 Å². The molecular formula is C17H24N2O2. The number of hydrogen-bond acceptors (Lipinski definition) is 3. The van der Waals surface area contributed by atoms with E-state index in [-0.39, 0.29) is 5.91 Å². The van der Waals surface area contributed by atoms with Crippen molar-refractivity contribution in [3.63, 3.8) is 0 Å². The largest absolute Gasteiger partial charge is 0.381 e. The van der Waals surface area contributed by atoms with E-state index in [0.29, 0.717) is 18.2 Å². The molecule has 0 spiro atoms. The second kappa shape index (κ2) is 5.68. The van der Waals surface area contributed by atoms with Crippen LogP contribution in [0, 0.1) is 0 Å². The highest BCUT2D eigenvalue weighted by Crippen LogP contribution is 2.37. The molecule has 4 heteroatoms. The molecule has 2 heterocycles. The van der Waals surface area contributed by atoms with Gasteiger partial charge in [0.2, 0.25) is 0 Å². The predicted molar refractivity (Wildman–Crippen MR) is 83.8 cm³/mol. The quantitative estimate of drug-likeness (QED) is 0.857. The van der Waals surface area contributed by atoms with E-state index in [0.717, 1.165) is 36.9 Å². The molecule has 2 aliphatic heterocycles. The molecule has 2 unspecified atom stereocenters. The number of nitrogens with zero attached hydrogens (tertiary/aromatic N) is 2. The molecule has 2 aliphatic rings. The van der Waals surface area contributed by atoms with Crippen molar-refractivity contribution >= 4 is 11.6 Å². The Kier molecular flexibility index (Phi) is 3.89. The summed E-state index contributed by atoms with van der Waals surface area (Å²) in [5.41, 5.74) is 1.87. The van der Waals surface area contributed by atoms with E-state index in [1.807, 2.05) is 43.3 Å². The first kappa shape index (κ1) is 14.4. The first-order chi connectivity index (χ1) is 10.1.